The minimum absolute atomic E-state index is 0.347. The number of nitrogens with zero attached hydrogens (tertiary/aromatic N) is 1. The molecule has 1 aliphatic heterocycles. The van der Waals surface area contributed by atoms with Gasteiger partial charge in [0.2, 0.25) is 0 Å². The van der Waals surface area contributed by atoms with Crippen molar-refractivity contribution in [1.29, 1.82) is 0 Å². The third-order valence-corrected chi connectivity index (χ3v) is 4.56. The van der Waals surface area contributed by atoms with Crippen LogP contribution in [0.25, 0.3) is 0 Å². The normalized spacial score (nSPS) is 22.0. The van der Waals surface area contributed by atoms with Crippen molar-refractivity contribution in [3.8, 4) is 0 Å². The summed E-state index contributed by atoms with van der Waals surface area (Å²) in [4.78, 5) is 5.83. The van der Waals surface area contributed by atoms with E-state index in [1.54, 1.807) is 0 Å². The Bertz CT molecular complexity index is 350. The van der Waals surface area contributed by atoms with E-state index in [0.717, 1.165) is 39.1 Å². The Labute approximate surface area is 113 Å². The van der Waals surface area contributed by atoms with Crippen molar-refractivity contribution in [3.05, 3.63) is 16.1 Å². The second-order valence-electron chi connectivity index (χ2n) is 4.71. The van der Waals surface area contributed by atoms with Crippen molar-refractivity contribution in [2.75, 3.05) is 26.3 Å². The fourth-order valence-electron chi connectivity index (χ4n) is 2.05. The third-order valence-electron chi connectivity index (χ3n) is 3.23. The molecule has 5 heteroatoms. The lowest BCUT2D eigenvalue weighted by molar-refractivity contribution is 0.0740. The van der Waals surface area contributed by atoms with Crippen molar-refractivity contribution in [2.45, 2.75) is 38.8 Å². The first-order valence-electron chi connectivity index (χ1n) is 6.78. The van der Waals surface area contributed by atoms with Crippen LogP contribution in [0.1, 0.15) is 36.2 Å². The molecule has 2 unspecified atom stereocenters. The smallest absolute Gasteiger partial charge is 0.109 e. The van der Waals surface area contributed by atoms with Gasteiger partial charge in [0, 0.05) is 23.7 Å². The molecule has 0 saturated carbocycles. The maximum Gasteiger partial charge on any atom is 0.109 e. The molecule has 0 radical (unpaired) electrons. The standard InChI is InChI=1S/C13H23N3OS/c1-3-12-8-16-13(18-12)10(2)14-5-4-11-9-17-7-6-15-11/h8,10-11,14-15H,3-7,9H2,1-2H3. The Morgan fingerprint density at radius 2 is 2.56 bits per heavy atom. The zero-order valence-electron chi connectivity index (χ0n) is 11.2. The van der Waals surface area contributed by atoms with Crippen LogP contribution in [0.3, 0.4) is 0 Å². The number of aryl methyl sites for hydroxylation is 1. The van der Waals surface area contributed by atoms with Crippen molar-refractivity contribution in [3.63, 3.8) is 0 Å². The Kier molecular flexibility index (Phi) is 5.56. The molecule has 0 aliphatic carbocycles. The summed E-state index contributed by atoms with van der Waals surface area (Å²) >= 11 is 1.81. The molecule has 18 heavy (non-hydrogen) atoms. The van der Waals surface area contributed by atoms with Crippen molar-refractivity contribution in [1.82, 2.24) is 15.6 Å². The highest BCUT2D eigenvalue weighted by Gasteiger charge is 2.14. The van der Waals surface area contributed by atoms with E-state index in [1.165, 1.54) is 9.88 Å². The minimum Gasteiger partial charge on any atom is -0.379 e. The van der Waals surface area contributed by atoms with Gasteiger partial charge in [-0.05, 0) is 26.3 Å². The molecule has 0 bridgehead atoms. The molecule has 4 nitrogen and oxygen atoms in total. The van der Waals surface area contributed by atoms with E-state index in [0.29, 0.717) is 12.1 Å². The molecule has 0 aromatic carbocycles. The summed E-state index contributed by atoms with van der Waals surface area (Å²) in [6.07, 6.45) is 4.18. The van der Waals surface area contributed by atoms with Gasteiger partial charge in [0.1, 0.15) is 5.01 Å². The SMILES string of the molecule is CCc1cnc(C(C)NCCC2COCCN2)s1. The summed E-state index contributed by atoms with van der Waals surface area (Å²) in [5.41, 5.74) is 0. The fraction of sp³-hybridized carbons (Fsp3) is 0.769. The molecular weight excluding hydrogens is 246 g/mol. The van der Waals surface area contributed by atoms with E-state index in [9.17, 15) is 0 Å². The number of ether oxygens (including phenoxy) is 1. The van der Waals surface area contributed by atoms with Gasteiger partial charge in [-0.3, -0.25) is 0 Å². The molecule has 2 N–H and O–H groups in total. The number of nitrogens with one attached hydrogen (secondary N) is 2. The van der Waals surface area contributed by atoms with Crippen LogP contribution in [-0.4, -0.2) is 37.3 Å². The van der Waals surface area contributed by atoms with Gasteiger partial charge in [0.15, 0.2) is 0 Å². The molecule has 1 aromatic rings. The Morgan fingerprint density at radius 3 is 3.22 bits per heavy atom. The first-order valence-corrected chi connectivity index (χ1v) is 7.60. The van der Waals surface area contributed by atoms with Crippen LogP contribution in [-0.2, 0) is 11.2 Å². The summed E-state index contributed by atoms with van der Waals surface area (Å²) in [7, 11) is 0. The van der Waals surface area contributed by atoms with Crippen LogP contribution in [0.2, 0.25) is 0 Å². The van der Waals surface area contributed by atoms with Crippen LogP contribution in [0, 0.1) is 0 Å². The highest BCUT2D eigenvalue weighted by Crippen LogP contribution is 2.20. The molecule has 2 heterocycles. The maximum atomic E-state index is 5.44. The van der Waals surface area contributed by atoms with Gasteiger partial charge in [0.25, 0.3) is 0 Å². The van der Waals surface area contributed by atoms with Crippen LogP contribution in [0.15, 0.2) is 6.20 Å². The molecule has 0 spiro atoms. The summed E-state index contributed by atoms with van der Waals surface area (Å²) in [6, 6.07) is 0.848. The number of rotatable bonds is 6. The molecule has 2 rings (SSSR count). The molecular formula is C13H23N3OS. The third kappa shape index (κ3) is 4.02. The van der Waals surface area contributed by atoms with E-state index in [-0.39, 0.29) is 0 Å². The van der Waals surface area contributed by atoms with E-state index in [4.69, 9.17) is 4.74 Å². The fourth-order valence-corrected chi connectivity index (χ4v) is 2.94. The van der Waals surface area contributed by atoms with Crippen molar-refractivity contribution >= 4 is 11.3 Å². The zero-order chi connectivity index (χ0) is 12.8. The number of hydrogen-bond acceptors (Lipinski definition) is 5. The molecule has 1 fully saturated rings. The van der Waals surface area contributed by atoms with E-state index in [1.807, 2.05) is 17.5 Å². The average Bonchev–Trinajstić information content (AvgIpc) is 2.89. The zero-order valence-corrected chi connectivity index (χ0v) is 12.1. The molecule has 2 atom stereocenters. The lowest BCUT2D eigenvalue weighted by atomic mass is 10.2. The number of hydrogen-bond donors (Lipinski definition) is 2. The van der Waals surface area contributed by atoms with Gasteiger partial charge >= 0.3 is 0 Å². The predicted molar refractivity (Wildman–Crippen MR) is 75.1 cm³/mol. The van der Waals surface area contributed by atoms with E-state index >= 15 is 0 Å². The highest BCUT2D eigenvalue weighted by molar-refractivity contribution is 7.11. The average molecular weight is 269 g/mol. The number of aromatic nitrogens is 1. The molecule has 102 valence electrons. The van der Waals surface area contributed by atoms with Crippen LogP contribution < -0.4 is 10.6 Å². The molecule has 0 amide bonds. The molecule has 1 aromatic heterocycles. The van der Waals surface area contributed by atoms with Gasteiger partial charge in [-0.25, -0.2) is 4.98 Å². The van der Waals surface area contributed by atoms with Gasteiger partial charge in [-0.15, -0.1) is 11.3 Å². The van der Waals surface area contributed by atoms with Crippen LogP contribution >= 0.6 is 11.3 Å². The van der Waals surface area contributed by atoms with Crippen LogP contribution in [0.4, 0.5) is 0 Å². The summed E-state index contributed by atoms with van der Waals surface area (Å²) in [5, 5.41) is 8.20. The van der Waals surface area contributed by atoms with E-state index < -0.39 is 0 Å². The van der Waals surface area contributed by atoms with Gasteiger partial charge in [0.05, 0.1) is 19.3 Å². The summed E-state index contributed by atoms with van der Waals surface area (Å²) < 4.78 is 5.44. The van der Waals surface area contributed by atoms with Gasteiger partial charge in [-0.2, -0.15) is 0 Å². The van der Waals surface area contributed by atoms with Crippen molar-refractivity contribution < 1.29 is 4.74 Å². The Hall–Kier alpha value is -0.490. The number of morpholine rings is 1. The predicted octanol–water partition coefficient (Wildman–Crippen LogP) is 1.73. The number of thiazole rings is 1. The Morgan fingerprint density at radius 1 is 1.67 bits per heavy atom. The van der Waals surface area contributed by atoms with Crippen molar-refractivity contribution in [2.24, 2.45) is 0 Å². The topological polar surface area (TPSA) is 46.2 Å². The maximum absolute atomic E-state index is 5.44. The van der Waals surface area contributed by atoms with Crippen LogP contribution in [0.5, 0.6) is 0 Å². The highest BCUT2D eigenvalue weighted by atomic mass is 32.1. The minimum atomic E-state index is 0.347. The molecule has 1 aliphatic rings. The van der Waals surface area contributed by atoms with Gasteiger partial charge < -0.3 is 15.4 Å². The second-order valence-corrected chi connectivity index (χ2v) is 5.86. The second kappa shape index (κ2) is 7.19. The van der Waals surface area contributed by atoms with Gasteiger partial charge in [-0.1, -0.05) is 6.92 Å². The summed E-state index contributed by atoms with van der Waals surface area (Å²) in [6.45, 7) is 8.02. The quantitative estimate of drug-likeness (QED) is 0.826. The summed E-state index contributed by atoms with van der Waals surface area (Å²) in [5.74, 6) is 0. The lowest BCUT2D eigenvalue weighted by Crippen LogP contribution is -2.42. The van der Waals surface area contributed by atoms with E-state index in [2.05, 4.69) is 29.5 Å². The molecule has 1 saturated heterocycles. The first-order chi connectivity index (χ1) is 8.79. The first kappa shape index (κ1) is 13.9. The monoisotopic (exact) mass is 269 g/mol. The largest absolute Gasteiger partial charge is 0.379 e. The Balaban J connectivity index is 1.69. The lowest BCUT2D eigenvalue weighted by Gasteiger charge is -2.24.